The zero-order valence-electron chi connectivity index (χ0n) is 9.80. The Balaban J connectivity index is 1.94. The first-order valence-electron chi connectivity index (χ1n) is 5.29. The molecule has 0 aliphatic carbocycles. The number of halogens is 1. The lowest BCUT2D eigenvalue weighted by Gasteiger charge is -2.02. The lowest BCUT2D eigenvalue weighted by molar-refractivity contribution is 0.758. The number of hydrogen-bond acceptors (Lipinski definition) is 6. The van der Waals surface area contributed by atoms with Crippen LogP contribution in [0.3, 0.4) is 0 Å². The van der Waals surface area contributed by atoms with Crippen LogP contribution in [0.15, 0.2) is 40.9 Å². The molecule has 0 radical (unpaired) electrons. The molecule has 0 saturated heterocycles. The maximum Gasteiger partial charge on any atom is 0.255 e. The van der Waals surface area contributed by atoms with Crippen LogP contribution in [0.5, 0.6) is 0 Å². The molecular formula is C10H8ClN7S. The molecule has 0 N–H and O–H groups in total. The average Bonchev–Trinajstić information content (AvgIpc) is 3.00. The van der Waals surface area contributed by atoms with Crippen molar-refractivity contribution in [2.75, 3.05) is 0 Å². The average molecular weight is 294 g/mol. The number of hydrogen-bond donors (Lipinski definition) is 0. The lowest BCUT2D eigenvalue weighted by Crippen LogP contribution is -2.04. The first-order valence-corrected chi connectivity index (χ1v) is 6.48. The van der Waals surface area contributed by atoms with Gasteiger partial charge in [0.25, 0.3) is 5.95 Å². The van der Waals surface area contributed by atoms with Crippen LogP contribution in [0.1, 0.15) is 0 Å². The minimum Gasteiger partial charge on any atom is -0.275 e. The summed E-state index contributed by atoms with van der Waals surface area (Å²) in [7, 11) is 1.85. The van der Waals surface area contributed by atoms with Crippen LogP contribution in [-0.2, 0) is 7.05 Å². The molecule has 0 aliphatic heterocycles. The monoisotopic (exact) mass is 293 g/mol. The summed E-state index contributed by atoms with van der Waals surface area (Å²) in [6.07, 6.45) is 6.99. The number of aryl methyl sites for hydroxylation is 1. The predicted molar refractivity (Wildman–Crippen MR) is 69.3 cm³/mol. The lowest BCUT2D eigenvalue weighted by atomic mass is 10.7. The molecule has 7 nitrogen and oxygen atoms in total. The summed E-state index contributed by atoms with van der Waals surface area (Å²) in [5.41, 5.74) is 0. The fraction of sp³-hybridized carbons (Fsp3) is 0.100. The summed E-state index contributed by atoms with van der Waals surface area (Å²) in [4.78, 5) is 13.3. The van der Waals surface area contributed by atoms with E-state index >= 15 is 0 Å². The third-order valence-corrected chi connectivity index (χ3v) is 3.16. The molecule has 0 bridgehead atoms. The molecule has 3 rings (SSSR count). The highest BCUT2D eigenvalue weighted by atomic mass is 35.5. The van der Waals surface area contributed by atoms with Crippen LogP contribution in [0.4, 0.5) is 0 Å². The van der Waals surface area contributed by atoms with Gasteiger partial charge in [-0.2, -0.15) is 25.1 Å². The fourth-order valence-corrected chi connectivity index (χ4v) is 2.40. The van der Waals surface area contributed by atoms with Gasteiger partial charge in [-0.15, -0.1) is 0 Å². The highest BCUT2D eigenvalue weighted by molar-refractivity contribution is 7.99. The second-order valence-corrected chi connectivity index (χ2v) is 4.97. The molecule has 0 spiro atoms. The van der Waals surface area contributed by atoms with Crippen molar-refractivity contribution in [1.29, 1.82) is 0 Å². The van der Waals surface area contributed by atoms with Gasteiger partial charge in [0.05, 0.1) is 11.1 Å². The third kappa shape index (κ3) is 2.74. The minimum atomic E-state index is 0.131. The van der Waals surface area contributed by atoms with E-state index in [1.807, 2.05) is 13.2 Å². The van der Waals surface area contributed by atoms with Crippen LogP contribution in [-0.4, -0.2) is 34.5 Å². The van der Waals surface area contributed by atoms with Crippen LogP contribution in [0.2, 0.25) is 5.28 Å². The largest absolute Gasteiger partial charge is 0.275 e. The second kappa shape index (κ2) is 4.98. The highest BCUT2D eigenvalue weighted by Gasteiger charge is 2.09. The summed E-state index contributed by atoms with van der Waals surface area (Å²) >= 11 is 7.26. The Morgan fingerprint density at radius 1 is 1.21 bits per heavy atom. The summed E-state index contributed by atoms with van der Waals surface area (Å²) in [6.45, 7) is 0. The van der Waals surface area contributed by atoms with Gasteiger partial charge in [-0.25, -0.2) is 4.68 Å². The summed E-state index contributed by atoms with van der Waals surface area (Å²) in [5, 5.41) is 8.77. The van der Waals surface area contributed by atoms with Crippen LogP contribution >= 0.6 is 23.4 Å². The molecule has 3 aromatic rings. The molecule has 0 saturated carbocycles. The Hall–Kier alpha value is -1.93. The van der Waals surface area contributed by atoms with Crippen molar-refractivity contribution in [2.45, 2.75) is 10.1 Å². The number of nitrogens with zero attached hydrogens (tertiary/aromatic N) is 7. The SMILES string of the molecule is Cn1cc(Sc2nc(Cl)nc(-n3cccn3)n2)cn1. The maximum absolute atomic E-state index is 5.90. The summed E-state index contributed by atoms with van der Waals surface area (Å²) in [5.74, 6) is 0.386. The van der Waals surface area contributed by atoms with Crippen LogP contribution < -0.4 is 0 Å². The van der Waals surface area contributed by atoms with Crippen molar-refractivity contribution in [3.63, 3.8) is 0 Å². The minimum absolute atomic E-state index is 0.131. The topological polar surface area (TPSA) is 74.3 Å². The molecule has 0 atom stereocenters. The van der Waals surface area contributed by atoms with Crippen molar-refractivity contribution in [2.24, 2.45) is 7.05 Å². The standard InChI is InChI=1S/C10H8ClN7S/c1-17-6-7(5-13-17)19-10-15-8(11)14-9(16-10)18-4-2-3-12-18/h2-6H,1H3. The smallest absolute Gasteiger partial charge is 0.255 e. The number of rotatable bonds is 3. The molecule has 3 aromatic heterocycles. The molecular weight excluding hydrogens is 286 g/mol. The molecule has 96 valence electrons. The number of aromatic nitrogens is 7. The van der Waals surface area contributed by atoms with Crippen molar-refractivity contribution < 1.29 is 0 Å². The van der Waals surface area contributed by atoms with E-state index in [0.29, 0.717) is 11.1 Å². The van der Waals surface area contributed by atoms with Crippen molar-refractivity contribution >= 4 is 23.4 Å². The second-order valence-electron chi connectivity index (χ2n) is 3.59. The van der Waals surface area contributed by atoms with Crippen molar-refractivity contribution in [3.8, 4) is 5.95 Å². The summed E-state index contributed by atoms with van der Waals surface area (Å²) in [6, 6.07) is 1.78. The highest BCUT2D eigenvalue weighted by Crippen LogP contribution is 2.24. The van der Waals surface area contributed by atoms with Crippen LogP contribution in [0.25, 0.3) is 5.95 Å². The third-order valence-electron chi connectivity index (χ3n) is 2.18. The normalized spacial score (nSPS) is 10.8. The Labute approximate surface area is 117 Å². The zero-order valence-corrected chi connectivity index (χ0v) is 11.4. The first kappa shape index (κ1) is 12.1. The van der Waals surface area contributed by atoms with Crippen molar-refractivity contribution in [1.82, 2.24) is 34.5 Å². The molecule has 0 aliphatic rings. The van der Waals surface area contributed by atoms with E-state index in [9.17, 15) is 0 Å². The van der Waals surface area contributed by atoms with Gasteiger partial charge < -0.3 is 0 Å². The van der Waals surface area contributed by atoms with Gasteiger partial charge in [-0.1, -0.05) is 0 Å². The predicted octanol–water partition coefficient (Wildman–Crippen LogP) is 1.60. The Morgan fingerprint density at radius 3 is 2.79 bits per heavy atom. The van der Waals surface area contributed by atoms with Gasteiger partial charge in [-0.05, 0) is 29.4 Å². The Kier molecular flexibility index (Phi) is 3.18. The Bertz CT molecular complexity index is 694. The maximum atomic E-state index is 5.90. The van der Waals surface area contributed by atoms with Crippen molar-refractivity contribution in [3.05, 3.63) is 36.1 Å². The van der Waals surface area contributed by atoms with Gasteiger partial charge in [0.1, 0.15) is 0 Å². The van der Waals surface area contributed by atoms with E-state index in [-0.39, 0.29) is 5.28 Å². The molecule has 0 aromatic carbocycles. The molecule has 19 heavy (non-hydrogen) atoms. The van der Waals surface area contributed by atoms with E-state index < -0.39 is 0 Å². The van der Waals surface area contributed by atoms with Gasteiger partial charge in [-0.3, -0.25) is 4.68 Å². The first-order chi connectivity index (χ1) is 9.20. The van der Waals surface area contributed by atoms with Crippen LogP contribution in [0, 0.1) is 0 Å². The van der Waals surface area contributed by atoms with E-state index in [1.165, 1.54) is 16.4 Å². The summed E-state index contributed by atoms with van der Waals surface area (Å²) < 4.78 is 3.24. The van der Waals surface area contributed by atoms with E-state index in [2.05, 4.69) is 25.1 Å². The molecule has 0 amide bonds. The van der Waals surface area contributed by atoms with Gasteiger partial charge in [0.2, 0.25) is 5.28 Å². The van der Waals surface area contributed by atoms with Gasteiger partial charge in [0.15, 0.2) is 5.16 Å². The molecule has 0 unspecified atom stereocenters. The van der Waals surface area contributed by atoms with E-state index in [0.717, 1.165) is 4.90 Å². The quantitative estimate of drug-likeness (QED) is 0.730. The van der Waals surface area contributed by atoms with Gasteiger partial charge in [0, 0.05) is 25.6 Å². The van der Waals surface area contributed by atoms with Gasteiger partial charge >= 0.3 is 0 Å². The molecule has 9 heteroatoms. The van der Waals surface area contributed by atoms with E-state index in [1.54, 1.807) is 29.3 Å². The molecule has 3 heterocycles. The molecule has 0 fully saturated rings. The zero-order chi connectivity index (χ0) is 13.2. The fourth-order valence-electron chi connectivity index (χ4n) is 1.41. The van der Waals surface area contributed by atoms with E-state index in [4.69, 9.17) is 11.6 Å². The Morgan fingerprint density at radius 2 is 2.11 bits per heavy atom.